The summed E-state index contributed by atoms with van der Waals surface area (Å²) in [7, 11) is 0. The molecule has 11 heteroatoms. The highest BCUT2D eigenvalue weighted by atomic mass is 16.9. The van der Waals surface area contributed by atoms with Gasteiger partial charge in [0.25, 0.3) is 0 Å². The molecule has 3 heterocycles. The molecule has 3 fully saturated rings. The van der Waals surface area contributed by atoms with Gasteiger partial charge < -0.3 is 38.6 Å². The van der Waals surface area contributed by atoms with Gasteiger partial charge in [-0.15, -0.1) is 0 Å². The molecule has 0 bridgehead atoms. The molecule has 2 N–H and O–H groups in total. The molecular formula is C18H24O11. The predicted octanol–water partition coefficient (Wildman–Crippen LogP) is 0.412. The topological polar surface area (TPSA) is 147 Å². The summed E-state index contributed by atoms with van der Waals surface area (Å²) in [5.74, 6) is -5.82. The smallest absolute Gasteiger partial charge is 0.333 e. The van der Waals surface area contributed by atoms with Crippen molar-refractivity contribution in [1.82, 2.24) is 0 Å². The van der Waals surface area contributed by atoms with Crippen LogP contribution in [-0.4, -0.2) is 77.0 Å². The van der Waals surface area contributed by atoms with Crippen LogP contribution in [0.1, 0.15) is 33.6 Å². The van der Waals surface area contributed by atoms with Crippen molar-refractivity contribution in [1.29, 1.82) is 0 Å². The maximum Gasteiger partial charge on any atom is 0.333 e. The van der Waals surface area contributed by atoms with Gasteiger partial charge in [0.2, 0.25) is 0 Å². The zero-order valence-electron chi connectivity index (χ0n) is 16.3. The molecule has 2 unspecified atom stereocenters. The second kappa shape index (κ2) is 7.65. The molecule has 3 rings (SSSR count). The van der Waals surface area contributed by atoms with Crippen LogP contribution in [0.2, 0.25) is 0 Å². The monoisotopic (exact) mass is 416 g/mol. The van der Waals surface area contributed by atoms with Crippen LogP contribution < -0.4 is 0 Å². The minimum atomic E-state index is -1.47. The Kier molecular flexibility index (Phi) is 5.71. The fourth-order valence-corrected chi connectivity index (χ4v) is 3.67. The quantitative estimate of drug-likeness (QED) is 0.439. The SMILES string of the molecule is C=C(C)C(=O)OC[C@H]1O[C@H]2OC(C)(CC(=O)O)O[C@@H]2[C@H]2OC(C)(CC(=O)O)O[C@H]21. The normalized spacial score (nSPS) is 40.7. The largest absolute Gasteiger partial charge is 0.481 e. The van der Waals surface area contributed by atoms with Gasteiger partial charge in [-0.3, -0.25) is 9.59 Å². The second-order valence-electron chi connectivity index (χ2n) is 7.70. The first-order chi connectivity index (χ1) is 13.4. The first-order valence-corrected chi connectivity index (χ1v) is 9.04. The number of carbonyl (C=O) groups is 3. The number of hydrogen-bond donors (Lipinski definition) is 2. The van der Waals surface area contributed by atoms with E-state index in [4.69, 9.17) is 38.6 Å². The van der Waals surface area contributed by atoms with Gasteiger partial charge in [0, 0.05) is 5.57 Å². The summed E-state index contributed by atoms with van der Waals surface area (Å²) in [5, 5.41) is 18.3. The van der Waals surface area contributed by atoms with E-state index in [9.17, 15) is 14.4 Å². The fourth-order valence-electron chi connectivity index (χ4n) is 3.67. The standard InChI is InChI=1S/C18H24O11/c1-8(2)15(23)24-7-9-12-13(27-17(3,26-12)5-10(19)20)14-16(25-9)29-18(4,28-14)6-11(21)22/h9,12-14,16H,1,5-7H2,2-4H3,(H,19,20)(H,21,22)/t9-,12+,13+,14-,16+,17?,18?/m1/s1. The summed E-state index contributed by atoms with van der Waals surface area (Å²) < 4.78 is 34.1. The van der Waals surface area contributed by atoms with Crippen LogP contribution in [0.25, 0.3) is 0 Å². The van der Waals surface area contributed by atoms with Crippen LogP contribution in [0.3, 0.4) is 0 Å². The number of hydrogen-bond acceptors (Lipinski definition) is 9. The third-order valence-electron chi connectivity index (χ3n) is 4.78. The van der Waals surface area contributed by atoms with Gasteiger partial charge in [-0.25, -0.2) is 4.79 Å². The highest BCUT2D eigenvalue weighted by Gasteiger charge is 2.63. The number of carboxylic acids is 2. The third-order valence-corrected chi connectivity index (χ3v) is 4.78. The molecule has 0 aromatic carbocycles. The Morgan fingerprint density at radius 1 is 0.931 bits per heavy atom. The molecule has 0 aliphatic carbocycles. The average Bonchev–Trinajstić information content (AvgIpc) is 3.06. The van der Waals surface area contributed by atoms with Crippen molar-refractivity contribution in [3.63, 3.8) is 0 Å². The summed E-state index contributed by atoms with van der Waals surface area (Å²) in [4.78, 5) is 34.1. The summed E-state index contributed by atoms with van der Waals surface area (Å²) in [6.07, 6.45) is -5.24. The molecular weight excluding hydrogens is 392 g/mol. The zero-order chi connectivity index (χ0) is 21.6. The Labute approximate surface area is 166 Å². The maximum absolute atomic E-state index is 11.8. The zero-order valence-corrected chi connectivity index (χ0v) is 16.3. The molecule has 3 aliphatic rings. The number of carbonyl (C=O) groups excluding carboxylic acids is 1. The third kappa shape index (κ3) is 4.59. The van der Waals surface area contributed by atoms with Gasteiger partial charge in [0.05, 0.1) is 12.8 Å². The van der Waals surface area contributed by atoms with Gasteiger partial charge >= 0.3 is 17.9 Å². The molecule has 162 valence electrons. The molecule has 0 amide bonds. The van der Waals surface area contributed by atoms with Crippen molar-refractivity contribution < 1.29 is 53.0 Å². The number of ether oxygens (including phenoxy) is 6. The minimum absolute atomic E-state index is 0.198. The van der Waals surface area contributed by atoms with Crippen molar-refractivity contribution >= 4 is 17.9 Å². The Morgan fingerprint density at radius 3 is 2.00 bits per heavy atom. The first kappa shape index (κ1) is 21.7. The van der Waals surface area contributed by atoms with E-state index in [1.54, 1.807) is 0 Å². The molecule has 29 heavy (non-hydrogen) atoms. The van der Waals surface area contributed by atoms with Crippen molar-refractivity contribution in [3.05, 3.63) is 12.2 Å². The van der Waals surface area contributed by atoms with Crippen molar-refractivity contribution in [2.45, 2.75) is 75.9 Å². The molecule has 7 atom stereocenters. The molecule has 0 aromatic heterocycles. The van der Waals surface area contributed by atoms with Gasteiger partial charge in [0.15, 0.2) is 17.9 Å². The number of esters is 1. The van der Waals surface area contributed by atoms with Crippen LogP contribution in [0.15, 0.2) is 12.2 Å². The van der Waals surface area contributed by atoms with Gasteiger partial charge in [0.1, 0.15) is 31.0 Å². The van der Waals surface area contributed by atoms with Crippen LogP contribution in [0, 0.1) is 0 Å². The van der Waals surface area contributed by atoms with E-state index in [1.807, 2.05) is 0 Å². The average molecular weight is 416 g/mol. The van der Waals surface area contributed by atoms with Crippen molar-refractivity contribution in [3.8, 4) is 0 Å². The van der Waals surface area contributed by atoms with E-state index in [1.165, 1.54) is 20.8 Å². The first-order valence-electron chi connectivity index (χ1n) is 9.04. The number of carboxylic acid groups (broad SMARTS) is 2. The van der Waals surface area contributed by atoms with E-state index < -0.39 is 73.0 Å². The van der Waals surface area contributed by atoms with E-state index in [-0.39, 0.29) is 12.2 Å². The summed E-state index contributed by atoms with van der Waals surface area (Å²) in [6, 6.07) is 0. The van der Waals surface area contributed by atoms with Gasteiger partial charge in [-0.1, -0.05) is 6.58 Å². The minimum Gasteiger partial charge on any atom is -0.481 e. The number of aliphatic carboxylic acids is 2. The number of fused-ring (bicyclic) bond motifs is 3. The molecule has 11 nitrogen and oxygen atoms in total. The lowest BCUT2D eigenvalue weighted by Gasteiger charge is -2.36. The van der Waals surface area contributed by atoms with E-state index >= 15 is 0 Å². The van der Waals surface area contributed by atoms with Gasteiger partial charge in [-0.2, -0.15) is 0 Å². The molecule has 3 aliphatic heterocycles. The Hall–Kier alpha value is -2.05. The lowest BCUT2D eigenvalue weighted by atomic mass is 9.99. The molecule has 0 aromatic rings. The lowest BCUT2D eigenvalue weighted by Crippen LogP contribution is -2.56. The fraction of sp³-hybridized carbons (Fsp3) is 0.722. The van der Waals surface area contributed by atoms with Crippen LogP contribution in [0.4, 0.5) is 0 Å². The van der Waals surface area contributed by atoms with Crippen LogP contribution in [0.5, 0.6) is 0 Å². The van der Waals surface area contributed by atoms with Crippen LogP contribution in [-0.2, 0) is 42.8 Å². The Bertz CT molecular complexity index is 721. The maximum atomic E-state index is 11.8. The highest BCUT2D eigenvalue weighted by Crippen LogP contribution is 2.46. The van der Waals surface area contributed by atoms with E-state index in [0.29, 0.717) is 0 Å². The van der Waals surface area contributed by atoms with E-state index in [2.05, 4.69) is 6.58 Å². The lowest BCUT2D eigenvalue weighted by molar-refractivity contribution is -0.246. The van der Waals surface area contributed by atoms with E-state index in [0.717, 1.165) is 0 Å². The van der Waals surface area contributed by atoms with Crippen LogP contribution >= 0.6 is 0 Å². The molecule has 0 saturated carbocycles. The molecule has 0 radical (unpaired) electrons. The van der Waals surface area contributed by atoms with Crippen molar-refractivity contribution in [2.75, 3.05) is 6.61 Å². The summed E-state index contributed by atoms with van der Waals surface area (Å²) in [5.41, 5.74) is 0.198. The predicted molar refractivity (Wildman–Crippen MR) is 91.5 cm³/mol. The second-order valence-corrected chi connectivity index (χ2v) is 7.70. The summed E-state index contributed by atoms with van der Waals surface area (Å²) in [6.45, 7) is 7.71. The van der Waals surface area contributed by atoms with Gasteiger partial charge in [-0.05, 0) is 20.8 Å². The Balaban J connectivity index is 1.81. The molecule has 3 saturated heterocycles. The summed E-state index contributed by atoms with van der Waals surface area (Å²) >= 11 is 0. The Morgan fingerprint density at radius 2 is 1.45 bits per heavy atom. The van der Waals surface area contributed by atoms with Crippen molar-refractivity contribution in [2.24, 2.45) is 0 Å². The molecule has 0 spiro atoms. The number of rotatable bonds is 7. The highest BCUT2D eigenvalue weighted by molar-refractivity contribution is 5.86.